The Morgan fingerprint density at radius 3 is 2.55 bits per heavy atom. The van der Waals surface area contributed by atoms with E-state index in [1.165, 1.54) is 0 Å². The van der Waals surface area contributed by atoms with Crippen molar-refractivity contribution in [3.63, 3.8) is 0 Å². The van der Waals surface area contributed by atoms with Crippen LogP contribution in [0.25, 0.3) is 17.1 Å². The molecule has 0 N–H and O–H groups in total. The highest BCUT2D eigenvalue weighted by atomic mass is 79.9. The van der Waals surface area contributed by atoms with Gasteiger partial charge >= 0.3 is 0 Å². The number of rotatable bonds is 3. The van der Waals surface area contributed by atoms with Crippen molar-refractivity contribution in [3.05, 3.63) is 39.5 Å². The Labute approximate surface area is 132 Å². The number of hydrogen-bond acceptors (Lipinski definition) is 4. The Hall–Kier alpha value is -1.54. The first kappa shape index (κ1) is 13.4. The van der Waals surface area contributed by atoms with E-state index >= 15 is 0 Å². The van der Waals surface area contributed by atoms with Crippen molar-refractivity contribution in [1.29, 1.82) is 0 Å². The molecule has 8 heteroatoms. The molecule has 0 fully saturated rings. The minimum absolute atomic E-state index is 0.557. The molecule has 0 radical (unpaired) electrons. The molecule has 0 aliphatic rings. The maximum atomic E-state index is 4.36. The van der Waals surface area contributed by atoms with Gasteiger partial charge in [0.2, 0.25) is 5.82 Å². The summed E-state index contributed by atoms with van der Waals surface area (Å²) in [4.78, 5) is 1.54. The van der Waals surface area contributed by atoms with E-state index in [-0.39, 0.29) is 0 Å². The maximum absolute atomic E-state index is 4.36. The van der Waals surface area contributed by atoms with Crippen LogP contribution < -0.4 is 0 Å². The van der Waals surface area contributed by atoms with Gasteiger partial charge < -0.3 is 0 Å². The van der Waals surface area contributed by atoms with Gasteiger partial charge in [-0.25, -0.2) is 4.68 Å². The highest BCUT2D eigenvalue weighted by molar-refractivity contribution is 9.10. The molecule has 2 aromatic heterocycles. The number of nitrogens with zero attached hydrogens (tertiary/aromatic N) is 6. The van der Waals surface area contributed by atoms with Gasteiger partial charge in [-0.1, -0.05) is 15.9 Å². The van der Waals surface area contributed by atoms with E-state index in [0.29, 0.717) is 12.4 Å². The van der Waals surface area contributed by atoms with Crippen molar-refractivity contribution in [2.75, 3.05) is 0 Å². The molecular formula is C12H10Br2N6. The van der Waals surface area contributed by atoms with Crippen molar-refractivity contribution in [1.82, 2.24) is 30.0 Å². The van der Waals surface area contributed by atoms with Crippen molar-refractivity contribution < 1.29 is 0 Å². The quantitative estimate of drug-likeness (QED) is 0.681. The Bertz CT molecular complexity index is 731. The van der Waals surface area contributed by atoms with Gasteiger partial charge in [-0.05, 0) is 52.3 Å². The van der Waals surface area contributed by atoms with Gasteiger partial charge in [-0.2, -0.15) is 9.90 Å². The highest BCUT2D eigenvalue weighted by Crippen LogP contribution is 2.27. The van der Waals surface area contributed by atoms with Crippen LogP contribution in [-0.4, -0.2) is 30.0 Å². The van der Waals surface area contributed by atoms with Crippen molar-refractivity contribution in [3.8, 4) is 17.1 Å². The third kappa shape index (κ3) is 2.40. The SMILES string of the molecule is CCn1nnc(-c2cnn(-c3ccc(Br)cc3)c2Br)n1. The standard InChI is InChI=1S/C12H10Br2N6/c1-2-19-17-12(16-18-19)10-7-15-20(11(10)14)9-5-3-8(13)4-6-9/h3-7H,2H2,1H3. The summed E-state index contributed by atoms with van der Waals surface area (Å²) in [6, 6.07) is 7.88. The van der Waals surface area contributed by atoms with Crippen LogP contribution in [0.1, 0.15) is 6.92 Å². The smallest absolute Gasteiger partial charge is 0.209 e. The molecule has 0 aliphatic heterocycles. The third-order valence-electron chi connectivity index (χ3n) is 2.76. The molecule has 0 saturated carbocycles. The van der Waals surface area contributed by atoms with Crippen LogP contribution in [-0.2, 0) is 6.54 Å². The fraction of sp³-hybridized carbons (Fsp3) is 0.167. The summed E-state index contributed by atoms with van der Waals surface area (Å²) in [7, 11) is 0. The number of aromatic nitrogens is 6. The summed E-state index contributed by atoms with van der Waals surface area (Å²) >= 11 is 6.96. The predicted molar refractivity (Wildman–Crippen MR) is 81.4 cm³/mol. The van der Waals surface area contributed by atoms with Crippen LogP contribution in [0.5, 0.6) is 0 Å². The lowest BCUT2D eigenvalue weighted by molar-refractivity contribution is 0.553. The molecule has 0 spiro atoms. The Balaban J connectivity index is 2.02. The van der Waals surface area contributed by atoms with Crippen LogP contribution in [0, 0.1) is 0 Å². The minimum Gasteiger partial charge on any atom is -0.226 e. The number of aryl methyl sites for hydroxylation is 1. The van der Waals surface area contributed by atoms with E-state index in [2.05, 4.69) is 52.4 Å². The average Bonchev–Trinajstić information content (AvgIpc) is 3.06. The fourth-order valence-electron chi connectivity index (χ4n) is 1.73. The molecule has 0 saturated heterocycles. The monoisotopic (exact) mass is 396 g/mol. The van der Waals surface area contributed by atoms with E-state index in [4.69, 9.17) is 0 Å². The van der Waals surface area contributed by atoms with E-state index in [9.17, 15) is 0 Å². The molecule has 102 valence electrons. The number of hydrogen-bond donors (Lipinski definition) is 0. The molecule has 0 unspecified atom stereocenters. The normalized spacial score (nSPS) is 10.9. The number of halogens is 2. The summed E-state index contributed by atoms with van der Waals surface area (Å²) in [6.45, 7) is 2.65. The van der Waals surface area contributed by atoms with Gasteiger partial charge in [0.15, 0.2) is 0 Å². The van der Waals surface area contributed by atoms with E-state index in [1.54, 1.807) is 15.7 Å². The predicted octanol–water partition coefficient (Wildman–Crippen LogP) is 3.07. The molecule has 0 bridgehead atoms. The zero-order chi connectivity index (χ0) is 14.1. The molecule has 0 amide bonds. The second kappa shape index (κ2) is 5.45. The Kier molecular flexibility index (Phi) is 3.66. The summed E-state index contributed by atoms with van der Waals surface area (Å²) < 4.78 is 3.61. The lowest BCUT2D eigenvalue weighted by Gasteiger charge is -2.03. The number of tetrazole rings is 1. The zero-order valence-electron chi connectivity index (χ0n) is 10.5. The van der Waals surface area contributed by atoms with Gasteiger partial charge in [-0.15, -0.1) is 10.2 Å². The Morgan fingerprint density at radius 2 is 1.90 bits per heavy atom. The molecule has 20 heavy (non-hydrogen) atoms. The van der Waals surface area contributed by atoms with E-state index < -0.39 is 0 Å². The third-order valence-corrected chi connectivity index (χ3v) is 4.05. The largest absolute Gasteiger partial charge is 0.226 e. The summed E-state index contributed by atoms with van der Waals surface area (Å²) in [5.41, 5.74) is 1.77. The van der Waals surface area contributed by atoms with Crippen molar-refractivity contribution >= 4 is 31.9 Å². The van der Waals surface area contributed by atoms with Crippen molar-refractivity contribution in [2.45, 2.75) is 13.5 Å². The molecule has 3 rings (SSSR count). The van der Waals surface area contributed by atoms with E-state index in [1.807, 2.05) is 31.2 Å². The molecule has 1 aromatic carbocycles. The van der Waals surface area contributed by atoms with Crippen LogP contribution >= 0.6 is 31.9 Å². The van der Waals surface area contributed by atoms with Gasteiger partial charge in [0.25, 0.3) is 0 Å². The molecule has 6 nitrogen and oxygen atoms in total. The first-order valence-corrected chi connectivity index (χ1v) is 7.55. The Morgan fingerprint density at radius 1 is 1.15 bits per heavy atom. The first-order valence-electron chi connectivity index (χ1n) is 5.96. The zero-order valence-corrected chi connectivity index (χ0v) is 13.7. The van der Waals surface area contributed by atoms with Gasteiger partial charge in [-0.3, -0.25) is 0 Å². The lowest BCUT2D eigenvalue weighted by atomic mass is 10.3. The maximum Gasteiger partial charge on any atom is 0.209 e. The van der Waals surface area contributed by atoms with E-state index in [0.717, 1.165) is 20.3 Å². The van der Waals surface area contributed by atoms with Crippen LogP contribution in [0.2, 0.25) is 0 Å². The first-order chi connectivity index (χ1) is 9.69. The van der Waals surface area contributed by atoms with Gasteiger partial charge in [0.1, 0.15) is 4.60 Å². The topological polar surface area (TPSA) is 61.4 Å². The van der Waals surface area contributed by atoms with Gasteiger partial charge in [0, 0.05) is 4.47 Å². The molecular weight excluding hydrogens is 388 g/mol. The van der Waals surface area contributed by atoms with Crippen LogP contribution in [0.4, 0.5) is 0 Å². The molecule has 2 heterocycles. The minimum atomic E-state index is 0.557. The summed E-state index contributed by atoms with van der Waals surface area (Å²) in [5, 5.41) is 16.6. The summed E-state index contributed by atoms with van der Waals surface area (Å²) in [6.07, 6.45) is 1.73. The molecule has 3 aromatic rings. The second-order valence-corrected chi connectivity index (χ2v) is 5.71. The summed E-state index contributed by atoms with van der Waals surface area (Å²) in [5.74, 6) is 0.557. The highest BCUT2D eigenvalue weighted by Gasteiger charge is 2.15. The molecule has 0 aliphatic carbocycles. The van der Waals surface area contributed by atoms with Crippen molar-refractivity contribution in [2.24, 2.45) is 0 Å². The average molecular weight is 398 g/mol. The number of benzene rings is 1. The second-order valence-electron chi connectivity index (χ2n) is 4.04. The van der Waals surface area contributed by atoms with Crippen LogP contribution in [0.3, 0.4) is 0 Å². The van der Waals surface area contributed by atoms with Gasteiger partial charge in [0.05, 0.1) is 24.0 Å². The fourth-order valence-corrected chi connectivity index (χ4v) is 2.57. The molecule has 0 atom stereocenters. The van der Waals surface area contributed by atoms with Crippen LogP contribution in [0.15, 0.2) is 39.5 Å². The lowest BCUT2D eigenvalue weighted by Crippen LogP contribution is -1.98.